The predicted octanol–water partition coefficient (Wildman–Crippen LogP) is 3.02. The number of Topliss-reactive ketones (excluding diaryl/α,β-unsaturated/α-hetero) is 1. The van der Waals surface area contributed by atoms with Gasteiger partial charge in [-0.1, -0.05) is 42.5 Å². The number of amides is 1. The lowest BCUT2D eigenvalue weighted by Crippen LogP contribution is -2.48. The van der Waals surface area contributed by atoms with Gasteiger partial charge in [0.15, 0.2) is 5.78 Å². The first-order valence-electron chi connectivity index (χ1n) is 10.3. The van der Waals surface area contributed by atoms with Gasteiger partial charge in [0.05, 0.1) is 25.5 Å². The summed E-state index contributed by atoms with van der Waals surface area (Å²) in [6.07, 6.45) is -0.323. The van der Waals surface area contributed by atoms with E-state index in [9.17, 15) is 23.2 Å². The van der Waals surface area contributed by atoms with Crippen molar-refractivity contribution >= 4 is 28.4 Å². The Labute approximate surface area is 189 Å². The molecule has 2 unspecified atom stereocenters. The quantitative estimate of drug-likeness (QED) is 0.510. The molecule has 3 rings (SSSR count). The Kier molecular flexibility index (Phi) is 7.50. The molecule has 3 N–H and O–H groups in total. The highest BCUT2D eigenvalue weighted by Crippen LogP contribution is 2.26. The van der Waals surface area contributed by atoms with Crippen molar-refractivity contribution in [2.75, 3.05) is 7.11 Å². The van der Waals surface area contributed by atoms with E-state index in [1.807, 2.05) is 30.3 Å². The number of rotatable bonds is 8. The van der Waals surface area contributed by atoms with Gasteiger partial charge < -0.3 is 15.8 Å². The highest BCUT2D eigenvalue weighted by molar-refractivity contribution is 5.98. The molecular formula is C25H24F2N2O4. The summed E-state index contributed by atoms with van der Waals surface area (Å²) in [5.74, 6) is -4.56. The zero-order valence-electron chi connectivity index (χ0n) is 18.2. The summed E-state index contributed by atoms with van der Waals surface area (Å²) in [5, 5.41) is 4.33. The van der Waals surface area contributed by atoms with Crippen molar-refractivity contribution < 1.29 is 27.9 Å². The van der Waals surface area contributed by atoms with E-state index in [4.69, 9.17) is 10.5 Å². The van der Waals surface area contributed by atoms with Crippen molar-refractivity contribution in [3.63, 3.8) is 0 Å². The van der Waals surface area contributed by atoms with Crippen LogP contribution in [0, 0.1) is 11.6 Å². The normalized spacial score (nSPS) is 13.7. The predicted molar refractivity (Wildman–Crippen MR) is 119 cm³/mol. The highest BCUT2D eigenvalue weighted by Gasteiger charge is 2.36. The molecule has 3 aromatic rings. The minimum atomic E-state index is -1.29. The molecule has 0 bridgehead atoms. The third-order valence-electron chi connectivity index (χ3n) is 5.36. The molecule has 0 aliphatic rings. The Hall–Kier alpha value is -3.65. The third kappa shape index (κ3) is 5.78. The summed E-state index contributed by atoms with van der Waals surface area (Å²) in [5.41, 5.74) is 6.71. The summed E-state index contributed by atoms with van der Waals surface area (Å²) >= 11 is 0. The van der Waals surface area contributed by atoms with Crippen molar-refractivity contribution in [1.29, 1.82) is 0 Å². The third-order valence-corrected chi connectivity index (χ3v) is 5.36. The monoisotopic (exact) mass is 454 g/mol. The van der Waals surface area contributed by atoms with E-state index >= 15 is 0 Å². The molecule has 0 fully saturated rings. The molecule has 6 nitrogen and oxygen atoms in total. The van der Waals surface area contributed by atoms with Gasteiger partial charge in [0.2, 0.25) is 5.91 Å². The molecule has 3 aromatic carbocycles. The Bertz CT molecular complexity index is 1180. The fourth-order valence-electron chi connectivity index (χ4n) is 3.75. The molecule has 0 aliphatic carbocycles. The number of ketones is 1. The number of nitrogens with one attached hydrogen (secondary N) is 1. The fraction of sp³-hybridized carbons (Fsp3) is 0.240. The number of nitrogens with two attached hydrogens (primary N) is 1. The summed E-state index contributed by atoms with van der Waals surface area (Å²) in [6, 6.07) is 13.3. The second-order valence-corrected chi connectivity index (χ2v) is 7.78. The van der Waals surface area contributed by atoms with E-state index in [1.54, 1.807) is 12.1 Å². The second kappa shape index (κ2) is 10.3. The molecule has 0 spiro atoms. The van der Waals surface area contributed by atoms with Crippen molar-refractivity contribution in [3.8, 4) is 0 Å². The second-order valence-electron chi connectivity index (χ2n) is 7.78. The Morgan fingerprint density at radius 3 is 2.24 bits per heavy atom. The van der Waals surface area contributed by atoms with Crippen LogP contribution in [0.3, 0.4) is 0 Å². The molecule has 0 saturated carbocycles. The molecule has 8 heteroatoms. The summed E-state index contributed by atoms with van der Waals surface area (Å²) in [7, 11) is 1.17. The van der Waals surface area contributed by atoms with Crippen molar-refractivity contribution in [3.05, 3.63) is 83.4 Å². The highest BCUT2D eigenvalue weighted by atomic mass is 19.1. The van der Waals surface area contributed by atoms with E-state index in [1.165, 1.54) is 14.0 Å². The molecule has 1 amide bonds. The zero-order chi connectivity index (χ0) is 24.1. The Morgan fingerprint density at radius 1 is 0.970 bits per heavy atom. The minimum Gasteiger partial charge on any atom is -0.468 e. The van der Waals surface area contributed by atoms with Crippen LogP contribution < -0.4 is 11.1 Å². The van der Waals surface area contributed by atoms with Crippen LogP contribution in [-0.2, 0) is 25.5 Å². The summed E-state index contributed by atoms with van der Waals surface area (Å²) in [6.45, 7) is 1.46. The number of benzene rings is 3. The van der Waals surface area contributed by atoms with Crippen molar-refractivity contribution in [2.24, 2.45) is 5.73 Å². The maximum absolute atomic E-state index is 13.4. The van der Waals surface area contributed by atoms with E-state index in [2.05, 4.69) is 5.32 Å². The van der Waals surface area contributed by atoms with Gasteiger partial charge >= 0.3 is 5.97 Å². The molecule has 0 radical (unpaired) electrons. The Balaban J connectivity index is 1.83. The number of esters is 1. The number of fused-ring (bicyclic) bond motifs is 1. The zero-order valence-corrected chi connectivity index (χ0v) is 18.2. The van der Waals surface area contributed by atoms with Gasteiger partial charge in [-0.3, -0.25) is 14.4 Å². The van der Waals surface area contributed by atoms with E-state index < -0.39 is 47.3 Å². The molecule has 33 heavy (non-hydrogen) atoms. The van der Waals surface area contributed by atoms with Crippen LogP contribution >= 0.6 is 0 Å². The lowest BCUT2D eigenvalue weighted by molar-refractivity contribution is -0.144. The first-order valence-corrected chi connectivity index (χ1v) is 10.3. The van der Waals surface area contributed by atoms with Crippen LogP contribution in [0.2, 0.25) is 0 Å². The van der Waals surface area contributed by atoms with Gasteiger partial charge in [0.25, 0.3) is 0 Å². The topological polar surface area (TPSA) is 98.5 Å². The molecule has 172 valence electrons. The average molecular weight is 454 g/mol. The van der Waals surface area contributed by atoms with E-state index in [0.717, 1.165) is 22.9 Å². The van der Waals surface area contributed by atoms with E-state index in [0.29, 0.717) is 11.6 Å². The number of methoxy groups -OCH3 is 1. The summed E-state index contributed by atoms with van der Waals surface area (Å²) in [4.78, 5) is 37.9. The van der Waals surface area contributed by atoms with Crippen LogP contribution in [-0.4, -0.2) is 36.9 Å². The fourth-order valence-corrected chi connectivity index (χ4v) is 3.75. The van der Waals surface area contributed by atoms with Gasteiger partial charge in [-0.15, -0.1) is 0 Å². The number of carbonyl (C=O) groups excluding carboxylic acids is 3. The molecule has 0 saturated heterocycles. The van der Waals surface area contributed by atoms with Gasteiger partial charge in [0.1, 0.15) is 17.7 Å². The molecular weight excluding hydrogens is 430 g/mol. The molecule has 0 aromatic heterocycles. The summed E-state index contributed by atoms with van der Waals surface area (Å²) < 4.78 is 31.5. The number of hydrogen-bond acceptors (Lipinski definition) is 5. The first-order chi connectivity index (χ1) is 15.7. The lowest BCUT2D eigenvalue weighted by atomic mass is 9.84. The average Bonchev–Trinajstić information content (AvgIpc) is 2.77. The van der Waals surface area contributed by atoms with Crippen LogP contribution in [0.4, 0.5) is 8.78 Å². The molecule has 3 atom stereocenters. The smallest absolute Gasteiger partial charge is 0.323 e. The van der Waals surface area contributed by atoms with Gasteiger partial charge in [0, 0.05) is 6.07 Å². The lowest BCUT2D eigenvalue weighted by Gasteiger charge is -2.25. The standard InChI is InChI=1S/C25H24F2N2O4/c1-14(29-21(30)11-15-9-19(26)13-20(27)10-15)24(31)22(23(28)25(32)33-2)18-8-7-16-5-3-4-6-17(16)12-18/h3-10,12-14,22-23H,11,28H2,1-2H3,(H,29,30)/t14-,22?,23?/m0/s1. The van der Waals surface area contributed by atoms with Crippen molar-refractivity contribution in [1.82, 2.24) is 5.32 Å². The number of ether oxygens (including phenoxy) is 1. The Morgan fingerprint density at radius 2 is 1.61 bits per heavy atom. The minimum absolute atomic E-state index is 0.127. The van der Waals surface area contributed by atoms with E-state index in [-0.39, 0.29) is 12.0 Å². The number of halogens is 2. The van der Waals surface area contributed by atoms with Crippen LogP contribution in [0.5, 0.6) is 0 Å². The number of hydrogen-bond donors (Lipinski definition) is 2. The SMILES string of the molecule is COC(=O)C(N)C(C(=O)[C@H](C)NC(=O)Cc1cc(F)cc(F)c1)c1ccc2ccccc2c1. The van der Waals surface area contributed by atoms with Crippen LogP contribution in [0.25, 0.3) is 10.8 Å². The largest absolute Gasteiger partial charge is 0.468 e. The van der Waals surface area contributed by atoms with Crippen molar-refractivity contribution in [2.45, 2.75) is 31.3 Å². The van der Waals surface area contributed by atoms with Gasteiger partial charge in [-0.2, -0.15) is 0 Å². The molecule has 0 heterocycles. The maximum Gasteiger partial charge on any atom is 0.323 e. The van der Waals surface area contributed by atoms with Gasteiger partial charge in [-0.25, -0.2) is 8.78 Å². The van der Waals surface area contributed by atoms with Gasteiger partial charge in [-0.05, 0) is 41.0 Å². The number of carbonyl (C=O) groups is 3. The first kappa shape index (κ1) is 24.0. The van der Waals surface area contributed by atoms with Crippen LogP contribution in [0.15, 0.2) is 60.7 Å². The van der Waals surface area contributed by atoms with Crippen LogP contribution in [0.1, 0.15) is 24.0 Å². The molecule has 0 aliphatic heterocycles. The maximum atomic E-state index is 13.4.